The summed E-state index contributed by atoms with van der Waals surface area (Å²) >= 11 is 0. The van der Waals surface area contributed by atoms with Gasteiger partial charge in [-0.25, -0.2) is 8.42 Å². The summed E-state index contributed by atoms with van der Waals surface area (Å²) in [5.41, 5.74) is 2.50. The lowest BCUT2D eigenvalue weighted by atomic mass is 10.2. The highest BCUT2D eigenvalue weighted by Gasteiger charge is 2.17. The van der Waals surface area contributed by atoms with Crippen molar-refractivity contribution in [2.75, 3.05) is 51.0 Å². The number of carbonyl (C=O) groups is 1. The number of sulfonamides is 1. The van der Waals surface area contributed by atoms with E-state index in [0.717, 1.165) is 44.7 Å². The second kappa shape index (κ2) is 10.3. The Labute approximate surface area is 185 Å². The maximum absolute atomic E-state index is 12.7. The molecule has 0 aromatic heterocycles. The van der Waals surface area contributed by atoms with E-state index >= 15 is 0 Å². The Morgan fingerprint density at radius 3 is 2.35 bits per heavy atom. The molecule has 0 atom stereocenters. The first-order valence-corrected chi connectivity index (χ1v) is 12.1. The first kappa shape index (κ1) is 23.2. The summed E-state index contributed by atoms with van der Waals surface area (Å²) in [4.78, 5) is 17.4. The number of carbonyl (C=O) groups excluding carboxylic acids is 1. The Balaban J connectivity index is 1.50. The molecule has 1 saturated heterocycles. The predicted octanol–water partition coefficient (Wildman–Crippen LogP) is 2.47. The minimum absolute atomic E-state index is 0.151. The highest BCUT2D eigenvalue weighted by Crippen LogP contribution is 2.21. The number of piperazine rings is 1. The smallest absolute Gasteiger partial charge is 0.262 e. The number of aryl methyl sites for hydroxylation is 2. The van der Waals surface area contributed by atoms with Gasteiger partial charge in [0.15, 0.2) is 0 Å². The zero-order valence-corrected chi connectivity index (χ0v) is 19.3. The molecule has 2 aromatic rings. The van der Waals surface area contributed by atoms with Crippen molar-refractivity contribution >= 4 is 21.6 Å². The van der Waals surface area contributed by atoms with E-state index in [0.29, 0.717) is 23.4 Å². The molecule has 1 fully saturated rings. The van der Waals surface area contributed by atoms with Crippen molar-refractivity contribution in [1.82, 2.24) is 15.1 Å². The predicted molar refractivity (Wildman–Crippen MR) is 124 cm³/mol. The fourth-order valence-corrected chi connectivity index (χ4v) is 4.96. The Kier molecular flexibility index (Phi) is 7.69. The third-order valence-corrected chi connectivity index (χ3v) is 7.09. The van der Waals surface area contributed by atoms with Gasteiger partial charge in [-0.15, -0.1) is 0 Å². The summed E-state index contributed by atoms with van der Waals surface area (Å²) in [6, 6.07) is 11.8. The molecule has 0 unspecified atom stereocenters. The van der Waals surface area contributed by atoms with E-state index in [1.807, 2.05) is 13.0 Å². The number of anilines is 1. The maximum atomic E-state index is 12.7. The number of amides is 1. The van der Waals surface area contributed by atoms with Crippen LogP contribution < -0.4 is 10.0 Å². The van der Waals surface area contributed by atoms with E-state index in [1.165, 1.54) is 0 Å². The molecule has 0 saturated carbocycles. The standard InChI is InChI=1S/C23H32N4O3S/c1-18-5-6-19(2)22(17-18)31(29,30)25-21-9-7-20(8-10-21)23(28)24-11-4-12-27-15-13-26(3)14-16-27/h5-10,17,25H,4,11-16H2,1-3H3,(H,24,28). The highest BCUT2D eigenvalue weighted by atomic mass is 32.2. The summed E-state index contributed by atoms with van der Waals surface area (Å²) in [6.45, 7) is 9.55. The van der Waals surface area contributed by atoms with E-state index in [9.17, 15) is 13.2 Å². The van der Waals surface area contributed by atoms with Crippen molar-refractivity contribution in [3.63, 3.8) is 0 Å². The van der Waals surface area contributed by atoms with Crippen LogP contribution in [0.25, 0.3) is 0 Å². The van der Waals surface area contributed by atoms with Gasteiger partial charge in [-0.3, -0.25) is 9.52 Å². The lowest BCUT2D eigenvalue weighted by Gasteiger charge is -2.32. The molecule has 0 spiro atoms. The summed E-state index contributed by atoms with van der Waals surface area (Å²) in [5, 5.41) is 2.94. The summed E-state index contributed by atoms with van der Waals surface area (Å²) in [6.07, 6.45) is 0.906. The van der Waals surface area contributed by atoms with Gasteiger partial charge in [0, 0.05) is 44.0 Å². The monoisotopic (exact) mass is 444 g/mol. The summed E-state index contributed by atoms with van der Waals surface area (Å²) in [7, 11) is -1.55. The number of nitrogens with zero attached hydrogens (tertiary/aromatic N) is 2. The van der Waals surface area contributed by atoms with Gasteiger partial charge in [-0.05, 0) is 75.3 Å². The van der Waals surface area contributed by atoms with E-state index < -0.39 is 10.0 Å². The van der Waals surface area contributed by atoms with Gasteiger partial charge in [0.05, 0.1) is 4.90 Å². The topological polar surface area (TPSA) is 81.7 Å². The second-order valence-electron chi connectivity index (χ2n) is 8.21. The number of rotatable bonds is 8. The van der Waals surface area contributed by atoms with Crippen LogP contribution in [0.1, 0.15) is 27.9 Å². The first-order chi connectivity index (χ1) is 14.7. The minimum Gasteiger partial charge on any atom is -0.352 e. The Morgan fingerprint density at radius 1 is 1.00 bits per heavy atom. The average molecular weight is 445 g/mol. The molecule has 168 valence electrons. The van der Waals surface area contributed by atoms with Crippen molar-refractivity contribution in [1.29, 1.82) is 0 Å². The lowest BCUT2D eigenvalue weighted by molar-refractivity contribution is 0.0949. The van der Waals surface area contributed by atoms with Gasteiger partial charge >= 0.3 is 0 Å². The van der Waals surface area contributed by atoms with E-state index in [2.05, 4.69) is 26.9 Å². The highest BCUT2D eigenvalue weighted by molar-refractivity contribution is 7.92. The van der Waals surface area contributed by atoms with Gasteiger partial charge < -0.3 is 15.1 Å². The molecule has 0 radical (unpaired) electrons. The minimum atomic E-state index is -3.69. The molecule has 1 aliphatic rings. The number of hydrogen-bond acceptors (Lipinski definition) is 5. The van der Waals surface area contributed by atoms with Crippen molar-refractivity contribution in [3.8, 4) is 0 Å². The lowest BCUT2D eigenvalue weighted by Crippen LogP contribution is -2.45. The van der Waals surface area contributed by atoms with Crippen LogP contribution in [-0.4, -0.2) is 70.4 Å². The zero-order chi connectivity index (χ0) is 22.4. The molecule has 1 amide bonds. The molecule has 31 heavy (non-hydrogen) atoms. The fourth-order valence-electron chi connectivity index (χ4n) is 3.57. The molecular weight excluding hydrogens is 412 g/mol. The molecule has 1 aliphatic heterocycles. The van der Waals surface area contributed by atoms with Crippen LogP contribution in [0.3, 0.4) is 0 Å². The first-order valence-electron chi connectivity index (χ1n) is 10.6. The van der Waals surface area contributed by atoms with Gasteiger partial charge in [0.2, 0.25) is 0 Å². The Hall–Kier alpha value is -2.42. The zero-order valence-electron chi connectivity index (χ0n) is 18.5. The van der Waals surface area contributed by atoms with Crippen molar-refractivity contribution < 1.29 is 13.2 Å². The van der Waals surface area contributed by atoms with E-state index in [1.54, 1.807) is 43.3 Å². The van der Waals surface area contributed by atoms with Crippen molar-refractivity contribution in [2.45, 2.75) is 25.2 Å². The summed E-state index contributed by atoms with van der Waals surface area (Å²) < 4.78 is 28.0. The van der Waals surface area contributed by atoms with Crippen LogP contribution in [0.5, 0.6) is 0 Å². The Morgan fingerprint density at radius 2 is 1.68 bits per heavy atom. The third kappa shape index (κ3) is 6.53. The van der Waals surface area contributed by atoms with Crippen LogP contribution in [0.4, 0.5) is 5.69 Å². The Bertz CT molecular complexity index is 998. The van der Waals surface area contributed by atoms with Gasteiger partial charge in [0.25, 0.3) is 15.9 Å². The van der Waals surface area contributed by atoms with E-state index in [-0.39, 0.29) is 10.8 Å². The SMILES string of the molecule is Cc1ccc(C)c(S(=O)(=O)Nc2ccc(C(=O)NCCCN3CCN(C)CC3)cc2)c1. The van der Waals surface area contributed by atoms with Crippen LogP contribution in [0, 0.1) is 13.8 Å². The van der Waals surface area contributed by atoms with Gasteiger partial charge in [-0.2, -0.15) is 0 Å². The van der Waals surface area contributed by atoms with Crippen LogP contribution in [0.2, 0.25) is 0 Å². The quantitative estimate of drug-likeness (QED) is 0.612. The third-order valence-electron chi connectivity index (χ3n) is 5.57. The number of likely N-dealkylation sites (N-methyl/N-ethyl adjacent to an activating group) is 1. The van der Waals surface area contributed by atoms with Crippen LogP contribution >= 0.6 is 0 Å². The molecule has 3 rings (SSSR count). The molecule has 0 bridgehead atoms. The van der Waals surface area contributed by atoms with E-state index in [4.69, 9.17) is 0 Å². The normalized spacial score (nSPS) is 15.6. The number of hydrogen-bond donors (Lipinski definition) is 2. The molecule has 7 nitrogen and oxygen atoms in total. The molecular formula is C23H32N4O3S. The fraction of sp³-hybridized carbons (Fsp3) is 0.435. The molecule has 0 aliphatic carbocycles. The van der Waals surface area contributed by atoms with Crippen LogP contribution in [-0.2, 0) is 10.0 Å². The number of benzene rings is 2. The maximum Gasteiger partial charge on any atom is 0.262 e. The largest absolute Gasteiger partial charge is 0.352 e. The molecule has 2 aromatic carbocycles. The van der Waals surface area contributed by atoms with Crippen molar-refractivity contribution in [3.05, 3.63) is 59.2 Å². The van der Waals surface area contributed by atoms with Crippen molar-refractivity contribution in [2.24, 2.45) is 0 Å². The molecule has 2 N–H and O–H groups in total. The molecule has 8 heteroatoms. The number of nitrogens with one attached hydrogen (secondary N) is 2. The van der Waals surface area contributed by atoms with Gasteiger partial charge in [0.1, 0.15) is 0 Å². The van der Waals surface area contributed by atoms with Gasteiger partial charge in [-0.1, -0.05) is 12.1 Å². The average Bonchev–Trinajstić information content (AvgIpc) is 2.74. The van der Waals surface area contributed by atoms with Crippen LogP contribution in [0.15, 0.2) is 47.4 Å². The summed E-state index contributed by atoms with van der Waals surface area (Å²) in [5.74, 6) is -0.151. The second-order valence-corrected chi connectivity index (χ2v) is 9.86. The molecule has 1 heterocycles.